The minimum atomic E-state index is -0.110. The standard InChI is InChI=1S/C16H22N4O2/c1-3-6-18-16(17-2)19-7-8-20-14(21)12-10-4-5-11(9-10)13(12)15(20)22/h3-5,10-13H,1,6-9H2,2H3,(H2,17,18,19). The third-order valence-corrected chi connectivity index (χ3v) is 4.83. The Morgan fingerprint density at radius 2 is 1.95 bits per heavy atom. The van der Waals surface area contributed by atoms with Gasteiger partial charge in [-0.3, -0.25) is 19.5 Å². The molecule has 3 aliphatic rings. The SMILES string of the molecule is C=CCNC(=NC)NCCN1C(=O)C2C3C=CC(C3)C2C1=O. The first-order valence-electron chi connectivity index (χ1n) is 7.76. The number of guanidine groups is 1. The zero-order valence-electron chi connectivity index (χ0n) is 12.8. The topological polar surface area (TPSA) is 73.8 Å². The number of aliphatic imine (C=N–C) groups is 1. The molecule has 2 N–H and O–H groups in total. The number of amides is 2. The van der Waals surface area contributed by atoms with Gasteiger partial charge < -0.3 is 10.6 Å². The number of rotatable bonds is 5. The maximum atomic E-state index is 12.5. The van der Waals surface area contributed by atoms with Crippen molar-refractivity contribution < 1.29 is 9.59 Å². The molecule has 4 unspecified atom stereocenters. The highest BCUT2D eigenvalue weighted by Gasteiger charge is 2.58. The predicted molar refractivity (Wildman–Crippen MR) is 84.0 cm³/mol. The van der Waals surface area contributed by atoms with Crippen LogP contribution in [0.1, 0.15) is 6.42 Å². The minimum absolute atomic E-state index is 0.00249. The molecule has 1 heterocycles. The van der Waals surface area contributed by atoms with E-state index >= 15 is 0 Å². The number of nitrogens with zero attached hydrogens (tertiary/aromatic N) is 2. The molecule has 1 saturated carbocycles. The Bertz CT molecular complexity index is 524. The molecule has 0 spiro atoms. The van der Waals surface area contributed by atoms with Crippen LogP contribution in [0.15, 0.2) is 29.8 Å². The van der Waals surface area contributed by atoms with E-state index < -0.39 is 0 Å². The van der Waals surface area contributed by atoms with Gasteiger partial charge in [-0.05, 0) is 18.3 Å². The molecule has 6 heteroatoms. The Morgan fingerprint density at radius 3 is 2.50 bits per heavy atom. The van der Waals surface area contributed by atoms with Gasteiger partial charge in [-0.2, -0.15) is 0 Å². The maximum Gasteiger partial charge on any atom is 0.233 e. The smallest absolute Gasteiger partial charge is 0.233 e. The second-order valence-electron chi connectivity index (χ2n) is 6.00. The molecule has 6 nitrogen and oxygen atoms in total. The summed E-state index contributed by atoms with van der Waals surface area (Å²) < 4.78 is 0. The monoisotopic (exact) mass is 302 g/mol. The van der Waals surface area contributed by atoms with Crippen LogP contribution in [-0.2, 0) is 9.59 Å². The fourth-order valence-electron chi connectivity index (χ4n) is 3.86. The van der Waals surface area contributed by atoms with E-state index in [-0.39, 0.29) is 35.5 Å². The van der Waals surface area contributed by atoms with E-state index in [2.05, 4.69) is 34.4 Å². The second-order valence-corrected chi connectivity index (χ2v) is 6.00. The van der Waals surface area contributed by atoms with Crippen LogP contribution in [0.5, 0.6) is 0 Å². The summed E-state index contributed by atoms with van der Waals surface area (Å²) in [6.07, 6.45) is 6.93. The quantitative estimate of drug-likeness (QED) is 0.328. The number of fused-ring (bicyclic) bond motifs is 5. The van der Waals surface area contributed by atoms with Crippen LogP contribution < -0.4 is 10.6 Å². The van der Waals surface area contributed by atoms with E-state index in [1.807, 2.05) is 0 Å². The van der Waals surface area contributed by atoms with Crippen LogP contribution in [-0.4, -0.2) is 49.4 Å². The maximum absolute atomic E-state index is 12.5. The van der Waals surface area contributed by atoms with Gasteiger partial charge in [0.15, 0.2) is 5.96 Å². The number of hydrogen-bond donors (Lipinski definition) is 2. The molecule has 0 aromatic carbocycles. The molecule has 2 aliphatic carbocycles. The fraction of sp³-hybridized carbons (Fsp3) is 0.562. The van der Waals surface area contributed by atoms with Crippen LogP contribution in [0.2, 0.25) is 0 Å². The van der Waals surface area contributed by atoms with Crippen molar-refractivity contribution in [3.05, 3.63) is 24.8 Å². The van der Waals surface area contributed by atoms with Crippen molar-refractivity contribution in [2.45, 2.75) is 6.42 Å². The zero-order chi connectivity index (χ0) is 15.7. The Labute approximate surface area is 130 Å². The predicted octanol–water partition coefficient (Wildman–Crippen LogP) is 0.145. The molecule has 0 aromatic rings. The summed E-state index contributed by atoms with van der Waals surface area (Å²) in [5.41, 5.74) is 0. The van der Waals surface area contributed by atoms with Gasteiger partial charge in [0.05, 0.1) is 11.8 Å². The Balaban J connectivity index is 1.55. The lowest BCUT2D eigenvalue weighted by Crippen LogP contribution is -2.43. The van der Waals surface area contributed by atoms with Gasteiger partial charge >= 0.3 is 0 Å². The van der Waals surface area contributed by atoms with Gasteiger partial charge in [-0.25, -0.2) is 0 Å². The molecule has 22 heavy (non-hydrogen) atoms. The van der Waals surface area contributed by atoms with Crippen molar-refractivity contribution in [1.29, 1.82) is 0 Å². The zero-order valence-corrected chi connectivity index (χ0v) is 12.8. The number of nitrogens with one attached hydrogen (secondary N) is 2. The first kappa shape index (κ1) is 14.8. The van der Waals surface area contributed by atoms with E-state index in [4.69, 9.17) is 0 Å². The van der Waals surface area contributed by atoms with Crippen LogP contribution in [0.25, 0.3) is 0 Å². The minimum Gasteiger partial charge on any atom is -0.355 e. The largest absolute Gasteiger partial charge is 0.355 e. The molecular weight excluding hydrogens is 280 g/mol. The second kappa shape index (κ2) is 5.94. The summed E-state index contributed by atoms with van der Waals surface area (Å²) in [5, 5.41) is 6.16. The van der Waals surface area contributed by atoms with Crippen molar-refractivity contribution in [2.24, 2.45) is 28.7 Å². The van der Waals surface area contributed by atoms with E-state index in [0.717, 1.165) is 6.42 Å². The molecule has 2 amide bonds. The molecule has 1 saturated heterocycles. The molecule has 118 valence electrons. The molecule has 2 fully saturated rings. The molecule has 1 aliphatic heterocycles. The number of hydrogen-bond acceptors (Lipinski definition) is 3. The Kier molecular flexibility index (Phi) is 4.00. The van der Waals surface area contributed by atoms with Crippen LogP contribution in [0.4, 0.5) is 0 Å². The van der Waals surface area contributed by atoms with Gasteiger partial charge in [0.25, 0.3) is 0 Å². The van der Waals surface area contributed by atoms with Crippen LogP contribution >= 0.6 is 0 Å². The van der Waals surface area contributed by atoms with E-state index in [9.17, 15) is 9.59 Å². The van der Waals surface area contributed by atoms with Crippen molar-refractivity contribution in [2.75, 3.05) is 26.7 Å². The highest BCUT2D eigenvalue weighted by atomic mass is 16.2. The van der Waals surface area contributed by atoms with Crippen molar-refractivity contribution in [3.8, 4) is 0 Å². The third-order valence-electron chi connectivity index (χ3n) is 4.83. The molecule has 2 bridgehead atoms. The number of allylic oxidation sites excluding steroid dienone is 2. The molecule has 0 aromatic heterocycles. The summed E-state index contributed by atoms with van der Waals surface area (Å²) in [5.74, 6) is 0.963. The van der Waals surface area contributed by atoms with Crippen molar-refractivity contribution in [1.82, 2.24) is 15.5 Å². The number of carbonyl (C=O) groups is 2. The lowest BCUT2D eigenvalue weighted by atomic mass is 9.85. The van der Waals surface area contributed by atoms with E-state index in [1.54, 1.807) is 13.1 Å². The van der Waals surface area contributed by atoms with Gasteiger partial charge in [-0.15, -0.1) is 6.58 Å². The molecule has 4 atom stereocenters. The van der Waals surface area contributed by atoms with Gasteiger partial charge in [0.1, 0.15) is 0 Å². The number of likely N-dealkylation sites (tertiary alicyclic amines) is 1. The van der Waals surface area contributed by atoms with E-state index in [0.29, 0.717) is 25.6 Å². The lowest BCUT2D eigenvalue weighted by Gasteiger charge is -2.18. The lowest BCUT2D eigenvalue weighted by molar-refractivity contribution is -0.140. The molecule has 3 rings (SSSR count). The van der Waals surface area contributed by atoms with E-state index in [1.165, 1.54) is 4.90 Å². The first-order chi connectivity index (χ1) is 10.7. The van der Waals surface area contributed by atoms with Crippen molar-refractivity contribution in [3.63, 3.8) is 0 Å². The third kappa shape index (κ3) is 2.32. The highest BCUT2D eigenvalue weighted by molar-refractivity contribution is 6.06. The van der Waals surface area contributed by atoms with Crippen molar-refractivity contribution >= 4 is 17.8 Å². The Morgan fingerprint density at radius 1 is 1.32 bits per heavy atom. The highest BCUT2D eigenvalue weighted by Crippen LogP contribution is 2.52. The fourth-order valence-corrected chi connectivity index (χ4v) is 3.86. The Hall–Kier alpha value is -2.11. The van der Waals surface area contributed by atoms with Gasteiger partial charge in [-0.1, -0.05) is 18.2 Å². The van der Waals surface area contributed by atoms with Gasteiger partial charge in [0, 0.05) is 26.7 Å². The number of imide groups is 1. The molecule has 0 radical (unpaired) electrons. The van der Waals surface area contributed by atoms with Crippen LogP contribution in [0.3, 0.4) is 0 Å². The molecular formula is C16H22N4O2. The average molecular weight is 302 g/mol. The summed E-state index contributed by atoms with van der Waals surface area (Å²) in [6, 6.07) is 0. The van der Waals surface area contributed by atoms with Crippen LogP contribution in [0, 0.1) is 23.7 Å². The summed E-state index contributed by atoms with van der Waals surface area (Å²) in [6.45, 7) is 5.13. The van der Waals surface area contributed by atoms with Gasteiger partial charge in [0.2, 0.25) is 11.8 Å². The summed E-state index contributed by atoms with van der Waals surface area (Å²) in [7, 11) is 1.68. The summed E-state index contributed by atoms with van der Waals surface area (Å²) >= 11 is 0. The summed E-state index contributed by atoms with van der Waals surface area (Å²) in [4.78, 5) is 30.5. The number of carbonyl (C=O) groups excluding carboxylic acids is 2. The first-order valence-corrected chi connectivity index (χ1v) is 7.76. The average Bonchev–Trinajstić information content (AvgIpc) is 3.19. The normalized spacial score (nSPS) is 32.6.